The third kappa shape index (κ3) is 3.44. The maximum absolute atomic E-state index is 13.2. The van der Waals surface area contributed by atoms with Crippen LogP contribution in [0.3, 0.4) is 0 Å². The van der Waals surface area contributed by atoms with Crippen molar-refractivity contribution in [1.82, 2.24) is 0 Å². The number of nitrogens with one attached hydrogen (secondary N) is 1. The molecule has 0 spiro atoms. The molecule has 1 amide bonds. The average molecular weight is 371 g/mol. The third-order valence-electron chi connectivity index (χ3n) is 2.51. The van der Waals surface area contributed by atoms with E-state index in [1.54, 1.807) is 12.1 Å². The molecule has 0 atom stereocenters. The molecule has 1 N–H and O–H groups in total. The van der Waals surface area contributed by atoms with E-state index in [4.69, 9.17) is 4.74 Å². The van der Waals surface area contributed by atoms with Gasteiger partial charge >= 0.3 is 0 Å². The number of rotatable bonds is 3. The van der Waals surface area contributed by atoms with Crippen molar-refractivity contribution in [1.29, 1.82) is 0 Å². The fourth-order valence-electron chi connectivity index (χ4n) is 1.59. The van der Waals surface area contributed by atoms with Crippen molar-refractivity contribution < 1.29 is 13.9 Å². The van der Waals surface area contributed by atoms with Gasteiger partial charge in [0, 0.05) is 9.26 Å². The van der Waals surface area contributed by atoms with E-state index in [1.807, 2.05) is 12.1 Å². The molecule has 0 radical (unpaired) electrons. The molecule has 0 fully saturated rings. The summed E-state index contributed by atoms with van der Waals surface area (Å²) in [5.74, 6) is -0.546. The maximum Gasteiger partial charge on any atom is 0.259 e. The van der Waals surface area contributed by atoms with Crippen molar-refractivity contribution in [3.63, 3.8) is 0 Å². The number of hydrogen-bond donors (Lipinski definition) is 1. The highest BCUT2D eigenvalue weighted by Crippen LogP contribution is 2.21. The number of amides is 1. The fraction of sp³-hybridized carbons (Fsp3) is 0.0714. The molecule has 2 aromatic rings. The number of benzene rings is 2. The first-order valence-electron chi connectivity index (χ1n) is 5.50. The summed E-state index contributed by atoms with van der Waals surface area (Å²) in [7, 11) is 1.44. The van der Waals surface area contributed by atoms with Gasteiger partial charge in [-0.3, -0.25) is 4.79 Å². The van der Waals surface area contributed by atoms with Gasteiger partial charge in [0.1, 0.15) is 11.6 Å². The fourth-order valence-corrected chi connectivity index (χ4v) is 1.95. The smallest absolute Gasteiger partial charge is 0.259 e. The number of hydrogen-bond acceptors (Lipinski definition) is 2. The van der Waals surface area contributed by atoms with E-state index in [2.05, 4.69) is 27.9 Å². The quantitative estimate of drug-likeness (QED) is 0.836. The van der Waals surface area contributed by atoms with E-state index in [0.717, 1.165) is 9.64 Å². The summed E-state index contributed by atoms with van der Waals surface area (Å²) in [4.78, 5) is 12.1. The molecule has 3 nitrogen and oxygen atoms in total. The lowest BCUT2D eigenvalue weighted by Crippen LogP contribution is -2.13. The predicted octanol–water partition coefficient (Wildman–Crippen LogP) is 3.69. The Morgan fingerprint density at radius 1 is 1.21 bits per heavy atom. The molecule has 2 aromatic carbocycles. The minimum absolute atomic E-state index is 0.168. The van der Waals surface area contributed by atoms with Crippen LogP contribution in [-0.2, 0) is 0 Å². The highest BCUT2D eigenvalue weighted by Gasteiger charge is 2.13. The number of methoxy groups -OCH3 is 1. The van der Waals surface area contributed by atoms with Gasteiger partial charge in [0.2, 0.25) is 0 Å². The van der Waals surface area contributed by atoms with E-state index in [-0.39, 0.29) is 5.56 Å². The maximum atomic E-state index is 13.2. The Morgan fingerprint density at radius 3 is 2.53 bits per heavy atom. The molecule has 2 rings (SSSR count). The second kappa shape index (κ2) is 6.01. The highest BCUT2D eigenvalue weighted by atomic mass is 127. The van der Waals surface area contributed by atoms with Crippen LogP contribution in [0.1, 0.15) is 10.4 Å². The summed E-state index contributed by atoms with van der Waals surface area (Å²) in [5, 5.41) is 2.70. The number of ether oxygens (including phenoxy) is 1. The Morgan fingerprint density at radius 2 is 1.89 bits per heavy atom. The van der Waals surface area contributed by atoms with Gasteiger partial charge in [-0.25, -0.2) is 4.39 Å². The predicted molar refractivity (Wildman–Crippen MR) is 80.1 cm³/mol. The van der Waals surface area contributed by atoms with E-state index >= 15 is 0 Å². The van der Waals surface area contributed by atoms with Crippen molar-refractivity contribution >= 4 is 34.2 Å². The molecule has 0 aliphatic rings. The summed E-state index contributed by atoms with van der Waals surface area (Å²) < 4.78 is 19.3. The molecule has 0 aliphatic carbocycles. The largest absolute Gasteiger partial charge is 0.496 e. The zero-order chi connectivity index (χ0) is 13.8. The Hall–Kier alpha value is -1.63. The molecule has 0 bridgehead atoms. The van der Waals surface area contributed by atoms with E-state index in [9.17, 15) is 9.18 Å². The summed E-state index contributed by atoms with van der Waals surface area (Å²) in [5.41, 5.74) is 0.817. The van der Waals surface area contributed by atoms with Crippen LogP contribution >= 0.6 is 22.6 Å². The molecule has 0 unspecified atom stereocenters. The molecule has 19 heavy (non-hydrogen) atoms. The zero-order valence-electron chi connectivity index (χ0n) is 10.1. The van der Waals surface area contributed by atoms with Crippen molar-refractivity contribution in [2.24, 2.45) is 0 Å². The lowest BCUT2D eigenvalue weighted by molar-refractivity contribution is 0.102. The Balaban J connectivity index is 2.24. The summed E-state index contributed by atoms with van der Waals surface area (Å²) in [6.07, 6.45) is 0. The summed E-state index contributed by atoms with van der Waals surface area (Å²) in [6, 6.07) is 11.1. The second-order valence-electron chi connectivity index (χ2n) is 3.81. The van der Waals surface area contributed by atoms with Gasteiger partial charge in [-0.1, -0.05) is 0 Å². The normalized spacial score (nSPS) is 10.1. The lowest BCUT2D eigenvalue weighted by Gasteiger charge is -2.09. The second-order valence-corrected chi connectivity index (χ2v) is 5.05. The van der Waals surface area contributed by atoms with Crippen LogP contribution in [0.5, 0.6) is 5.75 Å². The Kier molecular flexibility index (Phi) is 4.36. The Labute approximate surface area is 123 Å². The molecule has 0 saturated heterocycles. The topological polar surface area (TPSA) is 38.3 Å². The molecular weight excluding hydrogens is 360 g/mol. The van der Waals surface area contributed by atoms with Crippen LogP contribution in [-0.4, -0.2) is 13.0 Å². The molecule has 98 valence electrons. The molecule has 0 saturated carbocycles. The van der Waals surface area contributed by atoms with Crippen LogP contribution in [0.2, 0.25) is 0 Å². The number of halogens is 2. The average Bonchev–Trinajstić information content (AvgIpc) is 2.41. The van der Waals surface area contributed by atoms with Crippen molar-refractivity contribution in [3.8, 4) is 5.75 Å². The Bertz CT molecular complexity index is 599. The van der Waals surface area contributed by atoms with Crippen LogP contribution in [0.25, 0.3) is 0 Å². The number of anilines is 1. The highest BCUT2D eigenvalue weighted by molar-refractivity contribution is 14.1. The monoisotopic (exact) mass is 371 g/mol. The first-order chi connectivity index (χ1) is 9.10. The van der Waals surface area contributed by atoms with Gasteiger partial charge in [0.05, 0.1) is 12.7 Å². The van der Waals surface area contributed by atoms with E-state index < -0.39 is 11.7 Å². The molecule has 0 heterocycles. The van der Waals surface area contributed by atoms with Crippen LogP contribution in [0.4, 0.5) is 10.1 Å². The molecule has 5 heteroatoms. The SMILES string of the molecule is COc1ccc(F)cc1C(=O)Nc1ccc(I)cc1. The van der Waals surface area contributed by atoms with Crippen LogP contribution < -0.4 is 10.1 Å². The van der Waals surface area contributed by atoms with E-state index in [1.165, 1.54) is 19.2 Å². The van der Waals surface area contributed by atoms with Crippen molar-refractivity contribution in [2.45, 2.75) is 0 Å². The number of carbonyl (C=O) groups excluding carboxylic acids is 1. The zero-order valence-corrected chi connectivity index (χ0v) is 12.3. The van der Waals surface area contributed by atoms with Gasteiger partial charge in [-0.05, 0) is 65.1 Å². The van der Waals surface area contributed by atoms with Crippen molar-refractivity contribution in [2.75, 3.05) is 12.4 Å². The van der Waals surface area contributed by atoms with Crippen molar-refractivity contribution in [3.05, 3.63) is 57.4 Å². The molecule has 0 aromatic heterocycles. The van der Waals surface area contributed by atoms with Gasteiger partial charge in [-0.15, -0.1) is 0 Å². The molecule has 0 aliphatic heterocycles. The van der Waals surface area contributed by atoms with Crippen LogP contribution in [0, 0.1) is 9.39 Å². The standard InChI is InChI=1S/C14H11FINO2/c1-19-13-7-2-9(15)8-12(13)14(18)17-11-5-3-10(16)4-6-11/h2-8H,1H3,(H,17,18). The lowest BCUT2D eigenvalue weighted by atomic mass is 10.1. The first-order valence-corrected chi connectivity index (χ1v) is 6.58. The van der Waals surface area contributed by atoms with Gasteiger partial charge in [-0.2, -0.15) is 0 Å². The summed E-state index contributed by atoms with van der Waals surface area (Å²) in [6.45, 7) is 0. The number of carbonyl (C=O) groups is 1. The first kappa shape index (κ1) is 13.8. The summed E-state index contributed by atoms with van der Waals surface area (Å²) >= 11 is 2.18. The van der Waals surface area contributed by atoms with Gasteiger partial charge < -0.3 is 10.1 Å². The van der Waals surface area contributed by atoms with Crippen LogP contribution in [0.15, 0.2) is 42.5 Å². The van der Waals surface area contributed by atoms with Gasteiger partial charge in [0.15, 0.2) is 0 Å². The minimum Gasteiger partial charge on any atom is -0.496 e. The van der Waals surface area contributed by atoms with E-state index in [0.29, 0.717) is 11.4 Å². The minimum atomic E-state index is -0.478. The third-order valence-corrected chi connectivity index (χ3v) is 3.23. The molecular formula is C14H11FINO2. The van der Waals surface area contributed by atoms with Gasteiger partial charge in [0.25, 0.3) is 5.91 Å².